The topological polar surface area (TPSA) is 61.2 Å². The fourth-order valence-corrected chi connectivity index (χ4v) is 3.00. The summed E-state index contributed by atoms with van der Waals surface area (Å²) < 4.78 is 7.08. The second-order valence-corrected chi connectivity index (χ2v) is 5.95. The van der Waals surface area contributed by atoms with E-state index >= 15 is 0 Å². The Bertz CT molecular complexity index is 790. The van der Waals surface area contributed by atoms with Crippen LogP contribution in [0.3, 0.4) is 0 Å². The lowest BCUT2D eigenvalue weighted by Crippen LogP contribution is -2.17. The van der Waals surface area contributed by atoms with Gasteiger partial charge in [-0.3, -0.25) is 9.48 Å². The number of allylic oxidation sites excluding steroid dienone is 2. The molecule has 5 nitrogen and oxygen atoms in total. The minimum atomic E-state index is -0.486. The molecule has 0 aliphatic heterocycles. The van der Waals surface area contributed by atoms with Crippen LogP contribution in [0, 0.1) is 0 Å². The molecule has 1 heterocycles. The third kappa shape index (κ3) is 3.15. The molecule has 0 N–H and O–H groups in total. The van der Waals surface area contributed by atoms with E-state index in [1.807, 2.05) is 37.3 Å². The number of Topliss-reactive ketones (excluding diaryl/α,β-unsaturated/α-hetero) is 1. The molecule has 2 aromatic rings. The quantitative estimate of drug-likeness (QED) is 0.489. The van der Waals surface area contributed by atoms with E-state index in [2.05, 4.69) is 5.10 Å². The number of ketones is 1. The zero-order chi connectivity index (χ0) is 17.1. The van der Waals surface area contributed by atoms with Crippen molar-refractivity contribution >= 4 is 11.8 Å². The number of nitrogens with zero attached hydrogens (tertiary/aromatic N) is 2. The Morgan fingerprint density at radius 1 is 1.21 bits per heavy atom. The van der Waals surface area contributed by atoms with Crippen molar-refractivity contribution in [2.75, 3.05) is 0 Å². The molecule has 1 aliphatic rings. The maximum Gasteiger partial charge on any atom is 0.361 e. The lowest BCUT2D eigenvalue weighted by atomic mass is 10.1. The first-order chi connectivity index (χ1) is 11.6. The van der Waals surface area contributed by atoms with Crippen molar-refractivity contribution in [3.63, 3.8) is 0 Å². The smallest absolute Gasteiger partial charge is 0.361 e. The maximum absolute atomic E-state index is 12.5. The van der Waals surface area contributed by atoms with Crippen LogP contribution in [0.1, 0.15) is 55.2 Å². The molecule has 1 atom stereocenters. The lowest BCUT2D eigenvalue weighted by molar-refractivity contribution is -0.114. The third-order valence-electron chi connectivity index (χ3n) is 4.37. The van der Waals surface area contributed by atoms with Crippen molar-refractivity contribution in [2.24, 2.45) is 0 Å². The van der Waals surface area contributed by atoms with Gasteiger partial charge in [0.2, 0.25) is 0 Å². The van der Waals surface area contributed by atoms with Crippen molar-refractivity contribution in [1.82, 2.24) is 9.78 Å². The Morgan fingerprint density at radius 3 is 2.62 bits per heavy atom. The molecule has 1 aromatic heterocycles. The molecule has 3 rings (SSSR count). The lowest BCUT2D eigenvalue weighted by Gasteiger charge is -2.16. The van der Waals surface area contributed by atoms with Crippen LogP contribution in [0.5, 0.6) is 0 Å². The van der Waals surface area contributed by atoms with E-state index in [1.165, 1.54) is 0 Å². The van der Waals surface area contributed by atoms with Gasteiger partial charge in [-0.25, -0.2) is 4.79 Å². The summed E-state index contributed by atoms with van der Waals surface area (Å²) in [7, 11) is 0. The van der Waals surface area contributed by atoms with Crippen LogP contribution in [0.25, 0.3) is 0 Å². The molecule has 1 saturated carbocycles. The molecule has 0 radical (unpaired) electrons. The van der Waals surface area contributed by atoms with Crippen LogP contribution in [0.2, 0.25) is 0 Å². The summed E-state index contributed by atoms with van der Waals surface area (Å²) in [5.41, 5.74) is 2.05. The van der Waals surface area contributed by atoms with E-state index in [0.717, 1.165) is 12.0 Å². The highest BCUT2D eigenvalue weighted by atomic mass is 16.5. The highest BCUT2D eigenvalue weighted by Crippen LogP contribution is 2.25. The van der Waals surface area contributed by atoms with Crippen molar-refractivity contribution in [1.29, 1.82) is 0 Å². The fourth-order valence-electron chi connectivity index (χ4n) is 3.00. The normalized spacial score (nSPS) is 17.7. The van der Waals surface area contributed by atoms with Gasteiger partial charge in [-0.2, -0.15) is 5.10 Å². The zero-order valence-electron chi connectivity index (χ0n) is 13.9. The van der Waals surface area contributed by atoms with E-state index in [4.69, 9.17) is 4.74 Å². The summed E-state index contributed by atoms with van der Waals surface area (Å²) >= 11 is 0. The van der Waals surface area contributed by atoms with Crippen molar-refractivity contribution in [3.8, 4) is 0 Å². The van der Waals surface area contributed by atoms with E-state index in [-0.39, 0.29) is 11.8 Å². The number of hydrogen-bond acceptors (Lipinski definition) is 4. The van der Waals surface area contributed by atoms with Crippen LogP contribution in [-0.4, -0.2) is 21.5 Å². The minimum absolute atomic E-state index is 0.0754. The Morgan fingerprint density at radius 2 is 1.96 bits per heavy atom. The summed E-state index contributed by atoms with van der Waals surface area (Å²) in [6.45, 7) is 3.66. The first-order valence-corrected chi connectivity index (χ1v) is 8.11. The summed E-state index contributed by atoms with van der Waals surface area (Å²) in [5.74, 6) is -0.00550. The molecule has 1 aliphatic carbocycles. The molecule has 1 aromatic carbocycles. The minimum Gasteiger partial charge on any atom is -0.426 e. The maximum atomic E-state index is 12.5. The van der Waals surface area contributed by atoms with Gasteiger partial charge in [-0.15, -0.1) is 0 Å². The van der Waals surface area contributed by atoms with Gasteiger partial charge in [-0.05, 0) is 38.3 Å². The van der Waals surface area contributed by atoms with Gasteiger partial charge < -0.3 is 4.74 Å². The number of carbonyl (C=O) groups excluding carboxylic acids is 2. The molecule has 0 saturated heterocycles. The average Bonchev–Trinajstić information content (AvgIpc) is 3.23. The predicted octanol–water partition coefficient (Wildman–Crippen LogP) is 3.68. The van der Waals surface area contributed by atoms with E-state index < -0.39 is 5.97 Å². The molecular formula is C19H20N2O3. The van der Waals surface area contributed by atoms with E-state index in [0.29, 0.717) is 29.9 Å². The first kappa shape index (κ1) is 16.2. The standard InChI is InChI=1S/C19H20N2O3/c1-13(15-7-4-3-5-8-15)21-17(11-12-20-21)19(23)24-14(2)16-9-6-10-18(16)22/h3-5,7-8,11-13H,6,9-10H2,1-2H3/b16-14-/t13-/m1/s1. The SMILES string of the molecule is C/C(OC(=O)c1ccnn1[C@H](C)c1ccccc1)=C1\CCCC1=O. The van der Waals surface area contributed by atoms with Gasteiger partial charge in [0.25, 0.3) is 0 Å². The highest BCUT2D eigenvalue weighted by Gasteiger charge is 2.24. The number of esters is 1. The number of carbonyl (C=O) groups is 2. The highest BCUT2D eigenvalue weighted by molar-refractivity contribution is 5.98. The number of benzene rings is 1. The second kappa shape index (κ2) is 6.83. The molecule has 24 heavy (non-hydrogen) atoms. The van der Waals surface area contributed by atoms with Crippen LogP contribution in [0.4, 0.5) is 0 Å². The summed E-state index contributed by atoms with van der Waals surface area (Å²) in [6.07, 6.45) is 3.62. The number of aromatic nitrogens is 2. The van der Waals surface area contributed by atoms with Crippen LogP contribution in [0.15, 0.2) is 53.9 Å². The molecule has 0 unspecified atom stereocenters. The van der Waals surface area contributed by atoms with Crippen LogP contribution >= 0.6 is 0 Å². The summed E-state index contributed by atoms with van der Waals surface area (Å²) in [5, 5.41) is 4.27. The first-order valence-electron chi connectivity index (χ1n) is 8.11. The largest absolute Gasteiger partial charge is 0.426 e. The molecule has 0 bridgehead atoms. The van der Waals surface area contributed by atoms with Crippen molar-refractivity contribution in [2.45, 2.75) is 39.2 Å². The van der Waals surface area contributed by atoms with E-state index in [9.17, 15) is 9.59 Å². The predicted molar refractivity (Wildman–Crippen MR) is 89.5 cm³/mol. The fraction of sp³-hybridized carbons (Fsp3) is 0.316. The second-order valence-electron chi connectivity index (χ2n) is 5.95. The average molecular weight is 324 g/mol. The molecule has 0 spiro atoms. The zero-order valence-corrected chi connectivity index (χ0v) is 13.9. The van der Waals surface area contributed by atoms with Gasteiger partial charge in [0, 0.05) is 18.2 Å². The number of rotatable bonds is 4. The van der Waals surface area contributed by atoms with Gasteiger partial charge in [0.1, 0.15) is 11.5 Å². The Labute approximate surface area is 140 Å². The molecule has 1 fully saturated rings. The van der Waals surface area contributed by atoms with Crippen LogP contribution < -0.4 is 0 Å². The Kier molecular flexibility index (Phi) is 4.60. The van der Waals surface area contributed by atoms with Gasteiger partial charge >= 0.3 is 5.97 Å². The monoisotopic (exact) mass is 324 g/mol. The van der Waals surface area contributed by atoms with Crippen molar-refractivity contribution in [3.05, 3.63) is 65.2 Å². The molecule has 0 amide bonds. The van der Waals surface area contributed by atoms with E-state index in [1.54, 1.807) is 23.9 Å². The van der Waals surface area contributed by atoms with Crippen LogP contribution in [-0.2, 0) is 9.53 Å². The number of hydrogen-bond donors (Lipinski definition) is 0. The molecule has 5 heteroatoms. The van der Waals surface area contributed by atoms with Gasteiger partial charge in [0.15, 0.2) is 5.78 Å². The Balaban J connectivity index is 1.82. The molecular weight excluding hydrogens is 304 g/mol. The van der Waals surface area contributed by atoms with Crippen molar-refractivity contribution < 1.29 is 14.3 Å². The summed E-state index contributed by atoms with van der Waals surface area (Å²) in [4.78, 5) is 24.3. The number of ether oxygens (including phenoxy) is 1. The summed E-state index contributed by atoms with van der Waals surface area (Å²) in [6, 6.07) is 11.4. The van der Waals surface area contributed by atoms with Gasteiger partial charge in [-0.1, -0.05) is 30.3 Å². The van der Waals surface area contributed by atoms with Gasteiger partial charge in [0.05, 0.1) is 6.04 Å². The third-order valence-corrected chi connectivity index (χ3v) is 4.37. The molecule has 124 valence electrons. The Hall–Kier alpha value is -2.69.